The third kappa shape index (κ3) is 2.26. The van der Waals surface area contributed by atoms with Gasteiger partial charge in [0.25, 0.3) is 0 Å². The van der Waals surface area contributed by atoms with E-state index in [-0.39, 0.29) is 22.9 Å². The van der Waals surface area contributed by atoms with Crippen molar-refractivity contribution in [3.05, 3.63) is 11.6 Å². The van der Waals surface area contributed by atoms with Gasteiger partial charge in [0.15, 0.2) is 5.60 Å². The number of carbonyl (C=O) groups is 1. The summed E-state index contributed by atoms with van der Waals surface area (Å²) in [5.41, 5.74) is -0.0115. The van der Waals surface area contributed by atoms with Gasteiger partial charge in [-0.2, -0.15) is 5.26 Å². The number of hydrogen-bond donors (Lipinski definition) is 1. The third-order valence-corrected chi connectivity index (χ3v) is 8.68. The van der Waals surface area contributed by atoms with E-state index in [4.69, 9.17) is 4.74 Å². The van der Waals surface area contributed by atoms with Gasteiger partial charge >= 0.3 is 5.97 Å². The maximum Gasteiger partial charge on any atom is 0.303 e. The molecule has 4 aliphatic carbocycles. The maximum atomic E-state index is 11.6. The van der Waals surface area contributed by atoms with Gasteiger partial charge in [0, 0.05) is 12.3 Å². The van der Waals surface area contributed by atoms with Crippen LogP contribution in [0.2, 0.25) is 0 Å². The van der Waals surface area contributed by atoms with Gasteiger partial charge in [-0.1, -0.05) is 19.9 Å². The first-order valence-corrected chi connectivity index (χ1v) is 10.3. The van der Waals surface area contributed by atoms with E-state index in [9.17, 15) is 15.2 Å². The molecule has 0 heterocycles. The summed E-state index contributed by atoms with van der Waals surface area (Å²) < 4.78 is 5.67. The Labute approximate surface area is 156 Å². The molecule has 0 aromatic rings. The Morgan fingerprint density at radius 2 is 1.96 bits per heavy atom. The lowest BCUT2D eigenvalue weighted by Crippen LogP contribution is -2.55. The number of nitriles is 1. The van der Waals surface area contributed by atoms with Gasteiger partial charge < -0.3 is 9.84 Å². The first-order valence-electron chi connectivity index (χ1n) is 10.3. The zero-order valence-electron chi connectivity index (χ0n) is 16.3. The Morgan fingerprint density at radius 1 is 1.23 bits per heavy atom. The van der Waals surface area contributed by atoms with E-state index >= 15 is 0 Å². The summed E-state index contributed by atoms with van der Waals surface area (Å²) in [6.07, 6.45) is 10.0. The molecule has 0 bridgehead atoms. The largest absolute Gasteiger partial charge is 0.458 e. The van der Waals surface area contributed by atoms with Gasteiger partial charge in [0.05, 0.1) is 6.07 Å². The molecule has 0 aromatic carbocycles. The number of fused-ring (bicyclic) bond motifs is 5. The van der Waals surface area contributed by atoms with Crippen molar-refractivity contribution in [1.82, 2.24) is 0 Å². The molecule has 4 rings (SSSR count). The fourth-order valence-electron chi connectivity index (χ4n) is 7.28. The first-order chi connectivity index (χ1) is 12.2. The minimum Gasteiger partial charge on any atom is -0.458 e. The highest BCUT2D eigenvalue weighted by Gasteiger charge is 2.64. The molecule has 0 spiro atoms. The summed E-state index contributed by atoms with van der Waals surface area (Å²) in [6, 6.07) is 2.25. The smallest absolute Gasteiger partial charge is 0.303 e. The lowest BCUT2D eigenvalue weighted by Gasteiger charge is -2.58. The Hall–Kier alpha value is -1.34. The van der Waals surface area contributed by atoms with Gasteiger partial charge in [0.2, 0.25) is 0 Å². The summed E-state index contributed by atoms with van der Waals surface area (Å²) in [6.45, 7) is 6.03. The predicted octanol–water partition coefficient (Wildman–Crippen LogP) is 4.14. The number of ether oxygens (including phenoxy) is 1. The summed E-state index contributed by atoms with van der Waals surface area (Å²) in [5.74, 6) is 1.32. The molecule has 2 unspecified atom stereocenters. The van der Waals surface area contributed by atoms with Crippen LogP contribution in [0.25, 0.3) is 0 Å². The summed E-state index contributed by atoms with van der Waals surface area (Å²) in [5, 5.41) is 20.6. The molecule has 3 fully saturated rings. The number of rotatable bonds is 1. The Balaban J connectivity index is 1.68. The van der Waals surface area contributed by atoms with Crippen molar-refractivity contribution in [3.63, 3.8) is 0 Å². The second-order valence-electron chi connectivity index (χ2n) is 9.65. The van der Waals surface area contributed by atoms with Crippen molar-refractivity contribution >= 4 is 5.97 Å². The molecule has 4 heteroatoms. The molecule has 1 N–H and O–H groups in total. The third-order valence-electron chi connectivity index (χ3n) is 8.68. The predicted molar refractivity (Wildman–Crippen MR) is 97.8 cm³/mol. The van der Waals surface area contributed by atoms with Gasteiger partial charge in [-0.15, -0.1) is 0 Å². The van der Waals surface area contributed by atoms with Crippen molar-refractivity contribution in [3.8, 4) is 6.07 Å². The average molecular weight is 357 g/mol. The highest BCUT2D eigenvalue weighted by molar-refractivity contribution is 5.66. The minimum atomic E-state index is -1.17. The van der Waals surface area contributed by atoms with Crippen LogP contribution >= 0.6 is 0 Å². The monoisotopic (exact) mass is 357 g/mol. The van der Waals surface area contributed by atoms with Gasteiger partial charge in [0.1, 0.15) is 6.10 Å². The van der Waals surface area contributed by atoms with E-state index in [1.54, 1.807) is 0 Å². The van der Waals surface area contributed by atoms with Crippen molar-refractivity contribution in [2.45, 2.75) is 83.8 Å². The van der Waals surface area contributed by atoms with Crippen LogP contribution in [0.15, 0.2) is 11.6 Å². The van der Waals surface area contributed by atoms with Crippen LogP contribution in [-0.2, 0) is 9.53 Å². The second kappa shape index (κ2) is 5.83. The lowest BCUT2D eigenvalue weighted by atomic mass is 9.47. The molecule has 26 heavy (non-hydrogen) atoms. The number of aliphatic hydroxyl groups is 1. The number of allylic oxidation sites excluding steroid dienone is 1. The molecule has 4 aliphatic rings. The van der Waals surface area contributed by atoms with E-state index < -0.39 is 5.60 Å². The van der Waals surface area contributed by atoms with Crippen LogP contribution in [0.4, 0.5) is 0 Å². The Bertz CT molecular complexity index is 694. The molecule has 142 valence electrons. The highest BCUT2D eigenvalue weighted by Crippen LogP contribution is 2.67. The van der Waals surface area contributed by atoms with Crippen molar-refractivity contribution < 1.29 is 14.6 Å². The topological polar surface area (TPSA) is 70.3 Å². The SMILES string of the molecule is CC(=O)OC1CCC[C@@]2(C)C1=CC[C@@H]1[C@@H]2CC[C@@]2(C)[C@H]1CCC2(O)C#N. The summed E-state index contributed by atoms with van der Waals surface area (Å²) >= 11 is 0. The fourth-order valence-corrected chi connectivity index (χ4v) is 7.28. The van der Waals surface area contributed by atoms with E-state index in [0.717, 1.165) is 44.9 Å². The zero-order valence-corrected chi connectivity index (χ0v) is 16.3. The molecule has 0 amide bonds. The number of carbonyl (C=O) groups excluding carboxylic acids is 1. The molecule has 7 atom stereocenters. The van der Waals surface area contributed by atoms with Crippen LogP contribution in [0.3, 0.4) is 0 Å². The van der Waals surface area contributed by atoms with Crippen molar-refractivity contribution in [1.29, 1.82) is 5.26 Å². The quantitative estimate of drug-likeness (QED) is 0.435. The van der Waals surface area contributed by atoms with Gasteiger partial charge in [-0.25, -0.2) is 0 Å². The molecule has 3 saturated carbocycles. The number of esters is 1. The van der Waals surface area contributed by atoms with Crippen LogP contribution in [0.1, 0.15) is 72.1 Å². The molecular weight excluding hydrogens is 326 g/mol. The zero-order chi connectivity index (χ0) is 18.7. The highest BCUT2D eigenvalue weighted by atomic mass is 16.5. The second-order valence-corrected chi connectivity index (χ2v) is 9.65. The fraction of sp³-hybridized carbons (Fsp3) is 0.818. The molecule has 0 aromatic heterocycles. The summed E-state index contributed by atoms with van der Waals surface area (Å²) in [7, 11) is 0. The van der Waals surface area contributed by atoms with E-state index in [1.807, 2.05) is 0 Å². The number of nitrogens with zero attached hydrogens (tertiary/aromatic N) is 1. The van der Waals surface area contributed by atoms with E-state index in [1.165, 1.54) is 12.5 Å². The summed E-state index contributed by atoms with van der Waals surface area (Å²) in [4.78, 5) is 11.6. The maximum absolute atomic E-state index is 11.6. The standard InChI is InChI=1S/C22H31NO3/c1-14(24)26-19-5-4-10-20(2)16-8-11-21(3)17(9-12-22(21,25)13-23)15(16)6-7-18(19)20/h7,15-17,19,25H,4-6,8-12H2,1-3H3/t15-,16+,17+,19?,20-,21+,22?/m1/s1. The number of hydrogen-bond acceptors (Lipinski definition) is 4. The van der Waals surface area contributed by atoms with Crippen LogP contribution in [-0.4, -0.2) is 22.8 Å². The lowest BCUT2D eigenvalue weighted by molar-refractivity contribution is -0.148. The van der Waals surface area contributed by atoms with Crippen molar-refractivity contribution in [2.75, 3.05) is 0 Å². The molecule has 0 radical (unpaired) electrons. The van der Waals surface area contributed by atoms with Crippen LogP contribution in [0, 0.1) is 39.9 Å². The van der Waals surface area contributed by atoms with Crippen molar-refractivity contribution in [2.24, 2.45) is 28.6 Å². The van der Waals surface area contributed by atoms with Crippen LogP contribution in [0.5, 0.6) is 0 Å². The van der Waals surface area contributed by atoms with E-state index in [0.29, 0.717) is 24.2 Å². The van der Waals surface area contributed by atoms with Gasteiger partial charge in [-0.05, 0) is 80.1 Å². The Kier molecular flexibility index (Phi) is 4.04. The molecule has 0 aliphatic heterocycles. The first kappa shape index (κ1) is 18.0. The van der Waals surface area contributed by atoms with E-state index in [2.05, 4.69) is 26.0 Å². The van der Waals surface area contributed by atoms with Crippen LogP contribution < -0.4 is 0 Å². The minimum absolute atomic E-state index is 0.0554. The molecule has 0 saturated heterocycles. The normalized spacial score (nSPS) is 49.9. The average Bonchev–Trinajstić information content (AvgIpc) is 2.86. The van der Waals surface area contributed by atoms with Gasteiger partial charge in [-0.3, -0.25) is 4.79 Å². The molecular formula is C22H31NO3. The molecule has 4 nitrogen and oxygen atoms in total. The Morgan fingerprint density at radius 3 is 2.65 bits per heavy atom.